The standard InChI is InChI=1S/C18H23ClN6O2S/c19-14-12-24-17(23-11-13-5-2-1-3-6-13)25-16(14)20-8-4-9-21-18(28)22-10-7-15(26)27/h1-3,5-6,12H,4,7-11H2,(H,26,27)(H2,21,22,28)(H2,20,23,24,25). The molecule has 8 nitrogen and oxygen atoms in total. The molecule has 0 fully saturated rings. The van der Waals surface area contributed by atoms with Crippen LogP contribution in [-0.2, 0) is 11.3 Å². The number of carboxylic acid groups (broad SMARTS) is 1. The summed E-state index contributed by atoms with van der Waals surface area (Å²) < 4.78 is 0. The van der Waals surface area contributed by atoms with Gasteiger partial charge in [0.15, 0.2) is 5.11 Å². The van der Waals surface area contributed by atoms with Crippen molar-refractivity contribution in [1.82, 2.24) is 20.6 Å². The van der Waals surface area contributed by atoms with E-state index < -0.39 is 5.97 Å². The zero-order valence-corrected chi connectivity index (χ0v) is 16.8. The number of aromatic nitrogens is 2. The molecule has 0 saturated heterocycles. The van der Waals surface area contributed by atoms with Crippen LogP contribution in [0.1, 0.15) is 18.4 Å². The van der Waals surface area contributed by atoms with Crippen LogP contribution in [0.4, 0.5) is 11.8 Å². The van der Waals surface area contributed by atoms with Crippen LogP contribution in [-0.4, -0.2) is 45.8 Å². The van der Waals surface area contributed by atoms with E-state index in [0.717, 1.165) is 12.0 Å². The molecule has 0 radical (unpaired) electrons. The van der Waals surface area contributed by atoms with E-state index in [2.05, 4.69) is 31.2 Å². The minimum Gasteiger partial charge on any atom is -0.481 e. The Hall–Kier alpha value is -2.65. The van der Waals surface area contributed by atoms with Crippen molar-refractivity contribution in [2.24, 2.45) is 0 Å². The Morgan fingerprint density at radius 2 is 1.86 bits per heavy atom. The molecule has 2 aromatic rings. The molecule has 150 valence electrons. The van der Waals surface area contributed by atoms with E-state index in [1.807, 2.05) is 30.3 Å². The maximum atomic E-state index is 10.4. The number of aliphatic carboxylic acids is 1. The van der Waals surface area contributed by atoms with Crippen molar-refractivity contribution in [3.63, 3.8) is 0 Å². The zero-order valence-electron chi connectivity index (χ0n) is 15.2. The first-order valence-electron chi connectivity index (χ1n) is 8.82. The minimum atomic E-state index is -0.862. The molecule has 10 heteroatoms. The number of nitrogens with zero attached hydrogens (tertiary/aromatic N) is 2. The molecular formula is C18H23ClN6O2S. The Kier molecular flexibility index (Phi) is 9.23. The largest absolute Gasteiger partial charge is 0.481 e. The van der Waals surface area contributed by atoms with Crippen LogP contribution >= 0.6 is 23.8 Å². The van der Waals surface area contributed by atoms with Gasteiger partial charge in [-0.25, -0.2) is 4.98 Å². The number of benzene rings is 1. The van der Waals surface area contributed by atoms with Gasteiger partial charge in [0.25, 0.3) is 0 Å². The summed E-state index contributed by atoms with van der Waals surface area (Å²) in [7, 11) is 0. The monoisotopic (exact) mass is 422 g/mol. The normalized spacial score (nSPS) is 10.2. The SMILES string of the molecule is O=C(O)CCNC(=S)NCCCNc1nc(NCc2ccccc2)ncc1Cl. The first-order valence-corrected chi connectivity index (χ1v) is 9.61. The summed E-state index contributed by atoms with van der Waals surface area (Å²) in [6, 6.07) is 9.98. The summed E-state index contributed by atoms with van der Waals surface area (Å²) in [5, 5.41) is 21.7. The second-order valence-corrected chi connectivity index (χ2v) is 6.65. The lowest BCUT2D eigenvalue weighted by atomic mass is 10.2. The lowest BCUT2D eigenvalue weighted by Gasteiger charge is -2.12. The average molecular weight is 423 g/mol. The third kappa shape index (κ3) is 8.36. The van der Waals surface area contributed by atoms with Gasteiger partial charge in [0.2, 0.25) is 5.95 Å². The highest BCUT2D eigenvalue weighted by molar-refractivity contribution is 7.80. The smallest absolute Gasteiger partial charge is 0.305 e. The van der Waals surface area contributed by atoms with Gasteiger partial charge in [-0.2, -0.15) is 4.98 Å². The number of halogens is 1. The Labute approximate surface area is 174 Å². The summed E-state index contributed by atoms with van der Waals surface area (Å²) in [6.07, 6.45) is 2.36. The maximum Gasteiger partial charge on any atom is 0.305 e. The number of thiocarbonyl (C=S) groups is 1. The molecule has 0 aliphatic heterocycles. The van der Waals surface area contributed by atoms with E-state index in [9.17, 15) is 4.79 Å². The molecule has 1 aromatic carbocycles. The number of hydrogen-bond acceptors (Lipinski definition) is 6. The molecule has 1 aromatic heterocycles. The average Bonchev–Trinajstić information content (AvgIpc) is 2.68. The van der Waals surface area contributed by atoms with Gasteiger partial charge in [0, 0.05) is 26.2 Å². The molecule has 0 saturated carbocycles. The summed E-state index contributed by atoms with van der Waals surface area (Å²) in [4.78, 5) is 19.0. The van der Waals surface area contributed by atoms with Crippen LogP contribution < -0.4 is 21.3 Å². The van der Waals surface area contributed by atoms with Crippen molar-refractivity contribution >= 4 is 46.7 Å². The Morgan fingerprint density at radius 3 is 2.61 bits per heavy atom. The van der Waals surface area contributed by atoms with E-state index in [4.69, 9.17) is 28.9 Å². The molecule has 0 amide bonds. The molecule has 0 aliphatic carbocycles. The Bertz CT molecular complexity index is 778. The van der Waals surface area contributed by atoms with Crippen molar-refractivity contribution in [1.29, 1.82) is 0 Å². The topological polar surface area (TPSA) is 111 Å². The van der Waals surface area contributed by atoms with Crippen molar-refractivity contribution in [3.05, 3.63) is 47.1 Å². The van der Waals surface area contributed by atoms with Crippen molar-refractivity contribution in [2.75, 3.05) is 30.3 Å². The molecule has 28 heavy (non-hydrogen) atoms. The summed E-state index contributed by atoms with van der Waals surface area (Å²) in [5.41, 5.74) is 1.13. The predicted molar refractivity (Wildman–Crippen MR) is 115 cm³/mol. The van der Waals surface area contributed by atoms with E-state index >= 15 is 0 Å². The van der Waals surface area contributed by atoms with Gasteiger partial charge >= 0.3 is 5.97 Å². The third-order valence-electron chi connectivity index (χ3n) is 3.59. The highest BCUT2D eigenvalue weighted by atomic mass is 35.5. The van der Waals surface area contributed by atoms with Crippen LogP contribution in [0.3, 0.4) is 0 Å². The third-order valence-corrected chi connectivity index (χ3v) is 4.16. The molecule has 0 aliphatic rings. The molecule has 0 bridgehead atoms. The second-order valence-electron chi connectivity index (χ2n) is 5.84. The van der Waals surface area contributed by atoms with Crippen LogP contribution in [0.2, 0.25) is 5.02 Å². The quantitative estimate of drug-likeness (QED) is 0.275. The fraction of sp³-hybridized carbons (Fsp3) is 0.333. The lowest BCUT2D eigenvalue weighted by molar-refractivity contribution is -0.136. The zero-order chi connectivity index (χ0) is 20.2. The van der Waals surface area contributed by atoms with Crippen LogP contribution in [0, 0.1) is 0 Å². The van der Waals surface area contributed by atoms with E-state index in [1.54, 1.807) is 6.20 Å². The predicted octanol–water partition coefficient (Wildman–Crippen LogP) is 2.48. The fourth-order valence-electron chi connectivity index (χ4n) is 2.20. The first-order chi connectivity index (χ1) is 13.5. The van der Waals surface area contributed by atoms with Gasteiger partial charge in [-0.05, 0) is 24.2 Å². The molecule has 0 atom stereocenters. The molecule has 0 unspecified atom stereocenters. The summed E-state index contributed by atoms with van der Waals surface area (Å²) >= 11 is 11.2. The molecule has 1 heterocycles. The summed E-state index contributed by atoms with van der Waals surface area (Å²) in [5.74, 6) is 0.200. The van der Waals surface area contributed by atoms with E-state index in [-0.39, 0.29) is 6.42 Å². The van der Waals surface area contributed by atoms with E-state index in [1.165, 1.54) is 0 Å². The van der Waals surface area contributed by atoms with Crippen molar-refractivity contribution in [2.45, 2.75) is 19.4 Å². The molecule has 5 N–H and O–H groups in total. The van der Waals surface area contributed by atoms with Gasteiger partial charge in [0.1, 0.15) is 10.8 Å². The number of rotatable bonds is 11. The van der Waals surface area contributed by atoms with Gasteiger partial charge in [-0.15, -0.1) is 0 Å². The van der Waals surface area contributed by atoms with E-state index in [0.29, 0.717) is 48.1 Å². The Morgan fingerprint density at radius 1 is 1.11 bits per heavy atom. The lowest BCUT2D eigenvalue weighted by Crippen LogP contribution is -2.37. The highest BCUT2D eigenvalue weighted by Gasteiger charge is 2.05. The van der Waals surface area contributed by atoms with Gasteiger partial charge in [-0.3, -0.25) is 4.79 Å². The summed E-state index contributed by atoms with van der Waals surface area (Å²) in [6.45, 7) is 2.19. The van der Waals surface area contributed by atoms with Crippen LogP contribution in [0.5, 0.6) is 0 Å². The number of carbonyl (C=O) groups is 1. The fourth-order valence-corrected chi connectivity index (χ4v) is 2.56. The highest BCUT2D eigenvalue weighted by Crippen LogP contribution is 2.19. The van der Waals surface area contributed by atoms with Crippen LogP contribution in [0.15, 0.2) is 36.5 Å². The first kappa shape index (κ1) is 21.6. The van der Waals surface area contributed by atoms with Gasteiger partial charge in [0.05, 0.1) is 12.6 Å². The number of hydrogen-bond donors (Lipinski definition) is 5. The van der Waals surface area contributed by atoms with Gasteiger partial charge < -0.3 is 26.4 Å². The molecular weight excluding hydrogens is 400 g/mol. The van der Waals surface area contributed by atoms with Crippen LogP contribution in [0.25, 0.3) is 0 Å². The number of nitrogens with one attached hydrogen (secondary N) is 4. The number of anilines is 2. The van der Waals surface area contributed by atoms with Crippen molar-refractivity contribution < 1.29 is 9.90 Å². The molecule has 2 rings (SSSR count). The van der Waals surface area contributed by atoms with Gasteiger partial charge in [-0.1, -0.05) is 41.9 Å². The second kappa shape index (κ2) is 11.9. The maximum absolute atomic E-state index is 10.4. The molecule has 0 spiro atoms. The Balaban J connectivity index is 1.69. The van der Waals surface area contributed by atoms with Crippen molar-refractivity contribution in [3.8, 4) is 0 Å². The minimum absolute atomic E-state index is 0.0240. The number of carboxylic acids is 1.